The summed E-state index contributed by atoms with van der Waals surface area (Å²) in [5.74, 6) is 0. The van der Waals surface area contributed by atoms with E-state index in [1.54, 1.807) is 12.3 Å². The van der Waals surface area contributed by atoms with Gasteiger partial charge in [-0.05, 0) is 29.8 Å². The van der Waals surface area contributed by atoms with E-state index in [1.807, 2.05) is 18.2 Å². The van der Waals surface area contributed by atoms with Crippen molar-refractivity contribution in [2.75, 3.05) is 37.7 Å². The van der Waals surface area contributed by atoms with Gasteiger partial charge in [0.15, 0.2) is 0 Å². The van der Waals surface area contributed by atoms with Crippen LogP contribution in [0.4, 0.5) is 10.1 Å². The number of benzene rings is 1. The molecule has 3 aromatic rings. The summed E-state index contributed by atoms with van der Waals surface area (Å²) in [6.07, 6.45) is 3.48. The Bertz CT molecular complexity index is 1080. The molecule has 156 valence electrons. The lowest BCUT2D eigenvalue weighted by atomic mass is 10.1. The van der Waals surface area contributed by atoms with Crippen molar-refractivity contribution in [3.63, 3.8) is 0 Å². The van der Waals surface area contributed by atoms with E-state index in [1.165, 1.54) is 15.6 Å². The second-order valence-corrected chi connectivity index (χ2v) is 6.96. The minimum Gasteiger partial charge on any atom is -0.378 e. The fraction of sp³-hybridized carbons (Fsp3) is 0.286. The number of morpholine rings is 1. The smallest absolute Gasteiger partial charge is 0.350 e. The first-order valence-corrected chi connectivity index (χ1v) is 9.72. The first kappa shape index (κ1) is 20.0. The first-order valence-electron chi connectivity index (χ1n) is 9.72. The summed E-state index contributed by atoms with van der Waals surface area (Å²) < 4.78 is 20.8. The molecule has 1 aromatic carbocycles. The zero-order chi connectivity index (χ0) is 20.9. The van der Waals surface area contributed by atoms with Crippen molar-refractivity contribution in [1.29, 1.82) is 0 Å². The first-order chi connectivity index (χ1) is 14.7. The molecule has 2 aromatic heterocycles. The summed E-state index contributed by atoms with van der Waals surface area (Å²) in [5.41, 5.74) is 8.85. The Labute approximate surface area is 173 Å². The van der Waals surface area contributed by atoms with E-state index in [0.717, 1.165) is 43.2 Å². The molecule has 0 spiro atoms. The molecular formula is C21H23FN6O2. The number of rotatable bonds is 6. The molecule has 2 N–H and O–H groups in total. The lowest BCUT2D eigenvalue weighted by molar-refractivity contribution is 0.122. The zero-order valence-electron chi connectivity index (χ0n) is 16.4. The summed E-state index contributed by atoms with van der Waals surface area (Å²) in [6, 6.07) is 11.7. The SMILES string of the molecule is NC/C(=C\F)Cn1ncn(-c2ccnc(-c3ccc(N4CCOCC4)cc3)c2)c1=O. The van der Waals surface area contributed by atoms with Crippen LogP contribution < -0.4 is 16.3 Å². The number of pyridine rings is 1. The Morgan fingerprint density at radius 3 is 2.63 bits per heavy atom. The van der Waals surface area contributed by atoms with E-state index >= 15 is 0 Å². The number of nitrogens with zero attached hydrogens (tertiary/aromatic N) is 5. The fourth-order valence-corrected chi connectivity index (χ4v) is 3.35. The van der Waals surface area contributed by atoms with Crippen LogP contribution in [0.25, 0.3) is 16.9 Å². The minimum atomic E-state index is -0.373. The van der Waals surface area contributed by atoms with E-state index in [4.69, 9.17) is 10.5 Å². The number of halogens is 1. The second-order valence-electron chi connectivity index (χ2n) is 6.96. The van der Waals surface area contributed by atoms with Gasteiger partial charge in [-0.15, -0.1) is 0 Å². The molecule has 0 aliphatic carbocycles. The van der Waals surface area contributed by atoms with Crippen LogP contribution in [-0.4, -0.2) is 52.2 Å². The molecule has 4 rings (SSSR count). The van der Waals surface area contributed by atoms with Crippen molar-refractivity contribution in [2.45, 2.75) is 6.54 Å². The van der Waals surface area contributed by atoms with Crippen LogP contribution in [0, 0.1) is 0 Å². The van der Waals surface area contributed by atoms with E-state index in [9.17, 15) is 9.18 Å². The molecule has 3 heterocycles. The van der Waals surface area contributed by atoms with Gasteiger partial charge in [-0.25, -0.2) is 18.4 Å². The second kappa shape index (κ2) is 9.02. The van der Waals surface area contributed by atoms with Crippen molar-refractivity contribution >= 4 is 5.69 Å². The van der Waals surface area contributed by atoms with Crippen LogP contribution in [0.5, 0.6) is 0 Å². The molecule has 0 bridgehead atoms. The quantitative estimate of drug-likeness (QED) is 0.666. The number of ether oxygens (including phenoxy) is 1. The van der Waals surface area contributed by atoms with Gasteiger partial charge in [-0.1, -0.05) is 12.1 Å². The van der Waals surface area contributed by atoms with Gasteiger partial charge in [0, 0.05) is 37.1 Å². The van der Waals surface area contributed by atoms with Crippen LogP contribution in [0.3, 0.4) is 0 Å². The summed E-state index contributed by atoms with van der Waals surface area (Å²) in [5, 5.41) is 4.06. The van der Waals surface area contributed by atoms with Crippen LogP contribution in [0.15, 0.2) is 65.6 Å². The summed E-state index contributed by atoms with van der Waals surface area (Å²) in [4.78, 5) is 19.4. The summed E-state index contributed by atoms with van der Waals surface area (Å²) >= 11 is 0. The van der Waals surface area contributed by atoms with E-state index in [0.29, 0.717) is 12.0 Å². The molecule has 1 aliphatic heterocycles. The third-order valence-electron chi connectivity index (χ3n) is 5.06. The number of nitrogens with two attached hydrogens (primary N) is 1. The molecule has 0 unspecified atom stereocenters. The number of hydrogen-bond donors (Lipinski definition) is 1. The molecule has 0 atom stereocenters. The van der Waals surface area contributed by atoms with Gasteiger partial charge in [0.2, 0.25) is 0 Å². The van der Waals surface area contributed by atoms with Crippen molar-refractivity contribution in [3.05, 3.63) is 71.3 Å². The highest BCUT2D eigenvalue weighted by molar-refractivity contribution is 5.65. The molecule has 9 heteroatoms. The Morgan fingerprint density at radius 1 is 1.17 bits per heavy atom. The van der Waals surface area contributed by atoms with Crippen molar-refractivity contribution in [1.82, 2.24) is 19.3 Å². The van der Waals surface area contributed by atoms with Crippen molar-refractivity contribution in [2.24, 2.45) is 5.73 Å². The predicted octanol–water partition coefficient (Wildman–Crippen LogP) is 1.74. The molecule has 0 radical (unpaired) electrons. The average Bonchev–Trinajstić information content (AvgIpc) is 3.18. The highest BCUT2D eigenvalue weighted by atomic mass is 19.1. The predicted molar refractivity (Wildman–Crippen MR) is 112 cm³/mol. The van der Waals surface area contributed by atoms with Gasteiger partial charge >= 0.3 is 5.69 Å². The van der Waals surface area contributed by atoms with Gasteiger partial charge < -0.3 is 15.4 Å². The monoisotopic (exact) mass is 410 g/mol. The Morgan fingerprint density at radius 2 is 1.93 bits per heavy atom. The Balaban J connectivity index is 1.57. The van der Waals surface area contributed by atoms with Crippen molar-refractivity contribution < 1.29 is 9.13 Å². The Hall–Kier alpha value is -3.30. The molecule has 30 heavy (non-hydrogen) atoms. The third-order valence-corrected chi connectivity index (χ3v) is 5.06. The van der Waals surface area contributed by atoms with E-state index in [-0.39, 0.29) is 24.4 Å². The number of aromatic nitrogens is 4. The largest absolute Gasteiger partial charge is 0.378 e. The highest BCUT2D eigenvalue weighted by Gasteiger charge is 2.12. The van der Waals surface area contributed by atoms with Gasteiger partial charge in [0.25, 0.3) is 0 Å². The third kappa shape index (κ3) is 4.17. The molecule has 1 saturated heterocycles. The minimum absolute atomic E-state index is 0.0137. The molecule has 1 fully saturated rings. The lowest BCUT2D eigenvalue weighted by Crippen LogP contribution is -2.36. The van der Waals surface area contributed by atoms with E-state index in [2.05, 4.69) is 27.1 Å². The fourth-order valence-electron chi connectivity index (χ4n) is 3.35. The number of hydrogen-bond acceptors (Lipinski definition) is 6. The molecular weight excluding hydrogens is 387 g/mol. The van der Waals surface area contributed by atoms with Gasteiger partial charge in [0.1, 0.15) is 6.33 Å². The topological polar surface area (TPSA) is 91.2 Å². The Kier molecular flexibility index (Phi) is 6.01. The van der Waals surface area contributed by atoms with Crippen LogP contribution >= 0.6 is 0 Å². The highest BCUT2D eigenvalue weighted by Crippen LogP contribution is 2.23. The maximum atomic E-state index is 12.8. The van der Waals surface area contributed by atoms with Crippen LogP contribution in [-0.2, 0) is 11.3 Å². The molecule has 8 nitrogen and oxygen atoms in total. The molecule has 1 aliphatic rings. The van der Waals surface area contributed by atoms with Gasteiger partial charge in [-0.3, -0.25) is 4.98 Å². The molecule has 0 amide bonds. The normalized spacial score (nSPS) is 14.9. The van der Waals surface area contributed by atoms with Gasteiger partial charge in [0.05, 0.1) is 37.5 Å². The summed E-state index contributed by atoms with van der Waals surface area (Å²) in [6.45, 7) is 3.27. The molecule has 0 saturated carbocycles. The lowest BCUT2D eigenvalue weighted by Gasteiger charge is -2.28. The van der Waals surface area contributed by atoms with Crippen LogP contribution in [0.2, 0.25) is 0 Å². The van der Waals surface area contributed by atoms with E-state index < -0.39 is 0 Å². The maximum Gasteiger partial charge on any atom is 0.350 e. The maximum absolute atomic E-state index is 12.8. The zero-order valence-corrected chi connectivity index (χ0v) is 16.4. The average molecular weight is 410 g/mol. The summed E-state index contributed by atoms with van der Waals surface area (Å²) in [7, 11) is 0. The van der Waals surface area contributed by atoms with Crippen LogP contribution in [0.1, 0.15) is 0 Å². The standard InChI is InChI=1S/C21H23FN6O2/c22-12-16(13-23)14-28-21(29)27(15-25-28)19-5-6-24-20(11-19)17-1-3-18(4-2-17)26-7-9-30-10-8-26/h1-6,11-12,15H,7-10,13-14,23H2/b16-12+. The van der Waals surface area contributed by atoms with Crippen molar-refractivity contribution in [3.8, 4) is 16.9 Å². The number of anilines is 1. The van der Waals surface area contributed by atoms with Gasteiger partial charge in [-0.2, -0.15) is 5.10 Å².